The highest BCUT2D eigenvalue weighted by molar-refractivity contribution is 6.33. The normalized spacial score (nSPS) is 17.6. The van der Waals surface area contributed by atoms with Crippen LogP contribution in [0.4, 0.5) is 0 Å². The zero-order valence-electron chi connectivity index (χ0n) is 13.6. The van der Waals surface area contributed by atoms with Gasteiger partial charge in [0.15, 0.2) is 0 Å². The van der Waals surface area contributed by atoms with E-state index >= 15 is 0 Å². The number of carbonyl (C=O) groups excluding carboxylic acids is 1. The lowest BCUT2D eigenvalue weighted by molar-refractivity contribution is 0.0705. The van der Waals surface area contributed by atoms with Crippen molar-refractivity contribution in [2.45, 2.75) is 18.8 Å². The summed E-state index contributed by atoms with van der Waals surface area (Å²) in [4.78, 5) is 22.4. The number of hydrogen-bond donors (Lipinski definition) is 1. The van der Waals surface area contributed by atoms with Crippen LogP contribution < -0.4 is 0 Å². The molecule has 0 saturated carbocycles. The second-order valence-corrected chi connectivity index (χ2v) is 6.59. The van der Waals surface area contributed by atoms with Crippen LogP contribution in [-0.2, 0) is 0 Å². The van der Waals surface area contributed by atoms with E-state index in [2.05, 4.69) is 15.1 Å². The molecule has 0 spiro atoms. The molecule has 128 valence electrons. The topological polar surface area (TPSA) is 66.8 Å². The Bertz CT molecular complexity index is 860. The third kappa shape index (κ3) is 3.17. The minimum Gasteiger partial charge on any atom is -0.348 e. The van der Waals surface area contributed by atoms with Gasteiger partial charge in [-0.25, -0.2) is 9.67 Å². The number of piperidine rings is 1. The molecule has 1 aliphatic rings. The number of nitrogens with zero attached hydrogens (tertiary/aromatic N) is 4. The third-order valence-corrected chi connectivity index (χ3v) is 4.89. The van der Waals surface area contributed by atoms with Gasteiger partial charge in [0.05, 0.1) is 16.3 Å². The average Bonchev–Trinajstić information content (AvgIpc) is 3.35. The van der Waals surface area contributed by atoms with E-state index in [1.54, 1.807) is 29.2 Å². The summed E-state index contributed by atoms with van der Waals surface area (Å²) in [6.45, 7) is 1.38. The van der Waals surface area contributed by atoms with Gasteiger partial charge in [0, 0.05) is 43.8 Å². The van der Waals surface area contributed by atoms with Crippen molar-refractivity contribution in [2.24, 2.45) is 0 Å². The summed E-state index contributed by atoms with van der Waals surface area (Å²) in [5.74, 6) is 1.13. The molecule has 0 radical (unpaired) electrons. The molecule has 1 saturated heterocycles. The third-order valence-electron chi connectivity index (χ3n) is 4.56. The van der Waals surface area contributed by atoms with Crippen molar-refractivity contribution in [1.29, 1.82) is 0 Å². The second-order valence-electron chi connectivity index (χ2n) is 6.18. The van der Waals surface area contributed by atoms with E-state index in [1.165, 1.54) is 0 Å². The predicted octanol–water partition coefficient (Wildman–Crippen LogP) is 3.27. The molecule has 1 fully saturated rings. The van der Waals surface area contributed by atoms with Crippen LogP contribution in [0.25, 0.3) is 5.69 Å². The maximum Gasteiger partial charge on any atom is 0.255 e. The summed E-state index contributed by atoms with van der Waals surface area (Å²) in [5.41, 5.74) is 1.33. The molecule has 1 N–H and O–H groups in total. The number of hydrogen-bond acceptors (Lipinski definition) is 3. The first kappa shape index (κ1) is 15.9. The number of imidazole rings is 1. The fraction of sp³-hybridized carbons (Fsp3) is 0.278. The molecule has 1 atom stereocenters. The van der Waals surface area contributed by atoms with Crippen LogP contribution in [-0.4, -0.2) is 43.6 Å². The lowest BCUT2D eigenvalue weighted by Crippen LogP contribution is -2.39. The zero-order chi connectivity index (χ0) is 17.2. The van der Waals surface area contributed by atoms with Gasteiger partial charge in [0.2, 0.25) is 0 Å². The van der Waals surface area contributed by atoms with Crippen molar-refractivity contribution in [3.8, 4) is 5.69 Å². The fourth-order valence-corrected chi connectivity index (χ4v) is 3.50. The first-order valence-electron chi connectivity index (χ1n) is 8.30. The molecule has 6 nitrogen and oxygen atoms in total. The monoisotopic (exact) mass is 355 g/mol. The first-order valence-corrected chi connectivity index (χ1v) is 8.68. The van der Waals surface area contributed by atoms with Crippen molar-refractivity contribution >= 4 is 17.5 Å². The van der Waals surface area contributed by atoms with E-state index in [-0.39, 0.29) is 11.8 Å². The molecule has 7 heteroatoms. The number of likely N-dealkylation sites (tertiary alicyclic amines) is 1. The van der Waals surface area contributed by atoms with E-state index in [4.69, 9.17) is 11.6 Å². The molecule has 1 unspecified atom stereocenters. The van der Waals surface area contributed by atoms with E-state index < -0.39 is 0 Å². The van der Waals surface area contributed by atoms with Gasteiger partial charge in [-0.2, -0.15) is 5.10 Å². The number of amides is 1. The number of benzene rings is 1. The minimum atomic E-state index is -0.0461. The number of aromatic nitrogens is 4. The zero-order valence-corrected chi connectivity index (χ0v) is 14.4. The van der Waals surface area contributed by atoms with E-state index in [9.17, 15) is 4.79 Å². The summed E-state index contributed by atoms with van der Waals surface area (Å²) in [6, 6.07) is 7.25. The highest BCUT2D eigenvalue weighted by Gasteiger charge is 2.28. The summed E-state index contributed by atoms with van der Waals surface area (Å²) < 4.78 is 1.72. The Morgan fingerprint density at radius 1 is 1.32 bits per heavy atom. The SMILES string of the molecule is O=C(c1cc(-n2cccn2)ccc1Cl)N1CCCC(c2ncc[nH]2)C1. The molecular weight excluding hydrogens is 338 g/mol. The van der Waals surface area contributed by atoms with Gasteiger partial charge in [-0.1, -0.05) is 11.6 Å². The largest absolute Gasteiger partial charge is 0.348 e. The van der Waals surface area contributed by atoms with Crippen molar-refractivity contribution in [2.75, 3.05) is 13.1 Å². The summed E-state index contributed by atoms with van der Waals surface area (Å²) in [6.07, 6.45) is 9.09. The Hall–Kier alpha value is -2.60. The van der Waals surface area contributed by atoms with E-state index in [1.807, 2.05) is 29.4 Å². The van der Waals surface area contributed by atoms with Crippen LogP contribution in [0.15, 0.2) is 49.1 Å². The maximum atomic E-state index is 13.0. The van der Waals surface area contributed by atoms with Gasteiger partial charge in [-0.05, 0) is 37.1 Å². The van der Waals surface area contributed by atoms with Crippen molar-refractivity contribution in [3.05, 3.63) is 65.5 Å². The van der Waals surface area contributed by atoms with Gasteiger partial charge in [-0.3, -0.25) is 4.79 Å². The minimum absolute atomic E-state index is 0.0461. The van der Waals surface area contributed by atoms with Gasteiger partial charge >= 0.3 is 0 Å². The summed E-state index contributed by atoms with van der Waals surface area (Å²) in [7, 11) is 0. The van der Waals surface area contributed by atoms with E-state index in [0.717, 1.165) is 30.9 Å². The number of nitrogens with one attached hydrogen (secondary N) is 1. The Morgan fingerprint density at radius 2 is 2.24 bits per heavy atom. The molecule has 25 heavy (non-hydrogen) atoms. The number of halogens is 1. The Morgan fingerprint density at radius 3 is 3.00 bits per heavy atom. The highest BCUT2D eigenvalue weighted by atomic mass is 35.5. The Kier molecular flexibility index (Phi) is 4.28. The first-order chi connectivity index (χ1) is 12.2. The Balaban J connectivity index is 1.59. The average molecular weight is 356 g/mol. The van der Waals surface area contributed by atoms with Crippen LogP contribution in [0.2, 0.25) is 5.02 Å². The van der Waals surface area contributed by atoms with Gasteiger partial charge in [0.25, 0.3) is 5.91 Å². The number of aromatic amines is 1. The van der Waals surface area contributed by atoms with Gasteiger partial charge < -0.3 is 9.88 Å². The molecular formula is C18H18ClN5O. The standard InChI is InChI=1S/C18H18ClN5O/c19-16-5-4-14(24-10-2-6-22-24)11-15(16)18(25)23-9-1-3-13(12-23)17-20-7-8-21-17/h2,4-8,10-11,13H,1,3,9,12H2,(H,20,21). The van der Waals surface area contributed by atoms with Crippen LogP contribution in [0.3, 0.4) is 0 Å². The molecule has 0 aliphatic carbocycles. The smallest absolute Gasteiger partial charge is 0.255 e. The fourth-order valence-electron chi connectivity index (χ4n) is 3.30. The molecule has 2 aromatic heterocycles. The second kappa shape index (κ2) is 6.72. The van der Waals surface area contributed by atoms with Crippen molar-refractivity contribution in [1.82, 2.24) is 24.6 Å². The summed E-state index contributed by atoms with van der Waals surface area (Å²) in [5, 5.41) is 4.67. The lowest BCUT2D eigenvalue weighted by atomic mass is 9.96. The molecule has 0 bridgehead atoms. The van der Waals surface area contributed by atoms with Crippen LogP contribution >= 0.6 is 11.6 Å². The molecule has 1 amide bonds. The van der Waals surface area contributed by atoms with Crippen LogP contribution in [0.5, 0.6) is 0 Å². The molecule has 1 aromatic carbocycles. The van der Waals surface area contributed by atoms with Gasteiger partial charge in [-0.15, -0.1) is 0 Å². The number of H-pyrrole nitrogens is 1. The molecule has 1 aliphatic heterocycles. The maximum absolute atomic E-state index is 13.0. The van der Waals surface area contributed by atoms with Gasteiger partial charge in [0.1, 0.15) is 5.82 Å². The van der Waals surface area contributed by atoms with E-state index in [0.29, 0.717) is 17.1 Å². The lowest BCUT2D eigenvalue weighted by Gasteiger charge is -2.32. The number of carbonyl (C=O) groups is 1. The highest BCUT2D eigenvalue weighted by Crippen LogP contribution is 2.27. The molecule has 3 heterocycles. The van der Waals surface area contributed by atoms with Crippen LogP contribution in [0, 0.1) is 0 Å². The van der Waals surface area contributed by atoms with Crippen molar-refractivity contribution < 1.29 is 4.79 Å². The number of rotatable bonds is 3. The van der Waals surface area contributed by atoms with Crippen LogP contribution in [0.1, 0.15) is 34.9 Å². The predicted molar refractivity (Wildman–Crippen MR) is 95.0 cm³/mol. The molecule has 3 aromatic rings. The quantitative estimate of drug-likeness (QED) is 0.784. The Labute approximate surface area is 150 Å². The molecule has 4 rings (SSSR count). The van der Waals surface area contributed by atoms with Crippen molar-refractivity contribution in [3.63, 3.8) is 0 Å². The summed E-state index contributed by atoms with van der Waals surface area (Å²) >= 11 is 6.31.